The zero-order valence-electron chi connectivity index (χ0n) is 30.6. The number of fused-ring (bicyclic) bond motifs is 12. The average Bonchev–Trinajstić information content (AvgIpc) is 3.79. The summed E-state index contributed by atoms with van der Waals surface area (Å²) in [7, 11) is 0. The molecule has 0 unspecified atom stereocenters. The van der Waals surface area contributed by atoms with Gasteiger partial charge in [0.25, 0.3) is 0 Å². The van der Waals surface area contributed by atoms with E-state index >= 15 is 0 Å². The van der Waals surface area contributed by atoms with E-state index in [1.165, 1.54) is 22.3 Å². The summed E-state index contributed by atoms with van der Waals surface area (Å²) in [6.07, 6.45) is 0. The van der Waals surface area contributed by atoms with Gasteiger partial charge in [0.05, 0.1) is 5.41 Å². The second kappa shape index (κ2) is 12.2. The summed E-state index contributed by atoms with van der Waals surface area (Å²) >= 11 is 0. The van der Waals surface area contributed by atoms with Gasteiger partial charge in [0.15, 0.2) is 17.5 Å². The molecule has 0 atom stereocenters. The number of aromatic nitrogens is 3. The van der Waals surface area contributed by atoms with Gasteiger partial charge in [-0.1, -0.05) is 158 Å². The van der Waals surface area contributed by atoms with Gasteiger partial charge in [-0.05, 0) is 63.7 Å². The fraction of sp³-hybridized carbons (Fsp3) is 0.0192. The van der Waals surface area contributed by atoms with Crippen LogP contribution in [0.4, 0.5) is 0 Å². The van der Waals surface area contributed by atoms with E-state index in [2.05, 4.69) is 127 Å². The third kappa shape index (κ3) is 4.66. The van der Waals surface area contributed by atoms with Gasteiger partial charge in [-0.25, -0.2) is 15.0 Å². The fourth-order valence-corrected chi connectivity index (χ4v) is 9.14. The summed E-state index contributed by atoms with van der Waals surface area (Å²) in [4.78, 5) is 15.4. The highest BCUT2D eigenvalue weighted by molar-refractivity contribution is 6.14. The van der Waals surface area contributed by atoms with Crippen molar-refractivity contribution in [1.29, 1.82) is 0 Å². The van der Waals surface area contributed by atoms with Crippen LogP contribution in [0.3, 0.4) is 0 Å². The quantitative estimate of drug-likeness (QED) is 0.180. The van der Waals surface area contributed by atoms with E-state index in [1.54, 1.807) is 0 Å². The molecule has 1 spiro atoms. The van der Waals surface area contributed by atoms with Crippen LogP contribution in [0.5, 0.6) is 11.5 Å². The third-order valence-electron chi connectivity index (χ3n) is 11.6. The Bertz CT molecular complexity index is 3160. The topological polar surface area (TPSA) is 61.0 Å². The summed E-state index contributed by atoms with van der Waals surface area (Å²) in [5, 5.41) is 1.98. The zero-order chi connectivity index (χ0) is 37.5. The molecule has 1 aliphatic heterocycles. The molecular weight excluding hydrogens is 699 g/mol. The van der Waals surface area contributed by atoms with Crippen molar-refractivity contribution < 1.29 is 9.15 Å². The minimum atomic E-state index is -0.586. The Balaban J connectivity index is 1.09. The molecule has 0 saturated heterocycles. The van der Waals surface area contributed by atoms with Gasteiger partial charge in [0.2, 0.25) is 0 Å². The highest BCUT2D eigenvalue weighted by Gasteiger charge is 2.51. The first kappa shape index (κ1) is 31.7. The highest BCUT2D eigenvalue weighted by Crippen LogP contribution is 2.62. The lowest BCUT2D eigenvalue weighted by Crippen LogP contribution is -2.32. The smallest absolute Gasteiger partial charge is 0.164 e. The monoisotopic (exact) mass is 729 g/mol. The van der Waals surface area contributed by atoms with Crippen LogP contribution >= 0.6 is 0 Å². The Morgan fingerprint density at radius 1 is 0.351 bits per heavy atom. The van der Waals surface area contributed by atoms with Gasteiger partial charge in [-0.15, -0.1) is 0 Å². The SMILES string of the molecule is c1ccc(-c2ccc(-c3nc(-c4ccccc4)nc(-c4cccc5oc6cc7c(cc6c45)-c4ccccc4C74c5ccccc5Oc5ccccc54)n3)cc2)cc1. The molecule has 1 aliphatic carbocycles. The van der Waals surface area contributed by atoms with Crippen LogP contribution in [-0.2, 0) is 5.41 Å². The van der Waals surface area contributed by atoms with Crippen molar-refractivity contribution in [3.05, 3.63) is 210 Å². The predicted octanol–water partition coefficient (Wildman–Crippen LogP) is 12.9. The lowest BCUT2D eigenvalue weighted by atomic mass is 9.66. The number of rotatable bonds is 4. The molecule has 2 aromatic heterocycles. The Morgan fingerprint density at radius 2 is 0.877 bits per heavy atom. The molecule has 3 heterocycles. The van der Waals surface area contributed by atoms with Crippen molar-refractivity contribution in [3.63, 3.8) is 0 Å². The average molecular weight is 730 g/mol. The zero-order valence-corrected chi connectivity index (χ0v) is 30.6. The highest BCUT2D eigenvalue weighted by atomic mass is 16.5. The van der Waals surface area contributed by atoms with E-state index in [1.807, 2.05) is 60.7 Å². The van der Waals surface area contributed by atoms with Crippen molar-refractivity contribution in [2.24, 2.45) is 0 Å². The first-order valence-corrected chi connectivity index (χ1v) is 19.2. The number of hydrogen-bond donors (Lipinski definition) is 0. The molecule has 0 N–H and O–H groups in total. The lowest BCUT2D eigenvalue weighted by molar-refractivity contribution is 0.436. The van der Waals surface area contributed by atoms with E-state index in [4.69, 9.17) is 24.1 Å². The van der Waals surface area contributed by atoms with Gasteiger partial charge in [0, 0.05) is 38.6 Å². The normalized spacial score (nSPS) is 13.2. The van der Waals surface area contributed by atoms with E-state index in [0.717, 1.165) is 72.4 Å². The van der Waals surface area contributed by atoms with Crippen molar-refractivity contribution in [3.8, 4) is 67.9 Å². The van der Waals surface area contributed by atoms with E-state index in [9.17, 15) is 0 Å². The number of furan rings is 1. The molecule has 8 aromatic carbocycles. The number of nitrogens with zero attached hydrogens (tertiary/aromatic N) is 3. The second-order valence-electron chi connectivity index (χ2n) is 14.7. The van der Waals surface area contributed by atoms with Crippen molar-refractivity contribution in [1.82, 2.24) is 15.0 Å². The van der Waals surface area contributed by atoms with Crippen LogP contribution in [0.15, 0.2) is 192 Å². The number of hydrogen-bond acceptors (Lipinski definition) is 5. The first-order valence-electron chi connectivity index (χ1n) is 19.2. The summed E-state index contributed by atoms with van der Waals surface area (Å²) < 4.78 is 13.4. The van der Waals surface area contributed by atoms with Crippen molar-refractivity contribution in [2.75, 3.05) is 0 Å². The summed E-state index contributed by atoms with van der Waals surface area (Å²) in [6.45, 7) is 0. The maximum absolute atomic E-state index is 6.83. The number of para-hydroxylation sites is 2. The summed E-state index contributed by atoms with van der Waals surface area (Å²) in [5.41, 5.74) is 13.0. The maximum atomic E-state index is 6.83. The molecule has 10 aromatic rings. The molecule has 5 heteroatoms. The molecule has 0 saturated carbocycles. The van der Waals surface area contributed by atoms with Gasteiger partial charge in [0.1, 0.15) is 22.7 Å². The Kier molecular flexibility index (Phi) is 6.78. The van der Waals surface area contributed by atoms with Crippen LogP contribution in [-0.4, -0.2) is 15.0 Å². The molecule has 12 rings (SSSR count). The van der Waals surface area contributed by atoms with E-state index in [-0.39, 0.29) is 0 Å². The van der Waals surface area contributed by atoms with Crippen LogP contribution in [0.25, 0.3) is 78.4 Å². The molecule has 0 bridgehead atoms. The second-order valence-corrected chi connectivity index (χ2v) is 14.7. The van der Waals surface area contributed by atoms with Gasteiger partial charge < -0.3 is 9.15 Å². The van der Waals surface area contributed by atoms with Gasteiger partial charge in [-0.3, -0.25) is 0 Å². The molecular formula is C52H31N3O2. The van der Waals surface area contributed by atoms with E-state index in [0.29, 0.717) is 17.5 Å². The number of benzene rings is 8. The van der Waals surface area contributed by atoms with E-state index < -0.39 is 5.41 Å². The van der Waals surface area contributed by atoms with Crippen LogP contribution in [0.1, 0.15) is 22.3 Å². The van der Waals surface area contributed by atoms with Crippen LogP contribution in [0, 0.1) is 0 Å². The summed E-state index contributed by atoms with van der Waals surface area (Å²) in [5.74, 6) is 3.53. The van der Waals surface area contributed by atoms with Crippen molar-refractivity contribution >= 4 is 21.9 Å². The largest absolute Gasteiger partial charge is 0.457 e. The molecule has 0 fully saturated rings. The molecule has 57 heavy (non-hydrogen) atoms. The third-order valence-corrected chi connectivity index (χ3v) is 11.6. The maximum Gasteiger partial charge on any atom is 0.164 e. The minimum absolute atomic E-state index is 0.586. The lowest BCUT2D eigenvalue weighted by Gasteiger charge is -2.39. The minimum Gasteiger partial charge on any atom is -0.457 e. The van der Waals surface area contributed by atoms with Crippen LogP contribution in [0.2, 0.25) is 0 Å². The Hall–Kier alpha value is -7.63. The van der Waals surface area contributed by atoms with Gasteiger partial charge in [-0.2, -0.15) is 0 Å². The fourth-order valence-electron chi connectivity index (χ4n) is 9.14. The molecule has 2 aliphatic rings. The molecule has 0 amide bonds. The summed E-state index contributed by atoms with van der Waals surface area (Å²) in [6, 6.07) is 65.3. The van der Waals surface area contributed by atoms with Gasteiger partial charge >= 0.3 is 0 Å². The number of ether oxygens (including phenoxy) is 1. The van der Waals surface area contributed by atoms with Crippen LogP contribution < -0.4 is 4.74 Å². The molecule has 5 nitrogen and oxygen atoms in total. The predicted molar refractivity (Wildman–Crippen MR) is 226 cm³/mol. The molecule has 0 radical (unpaired) electrons. The molecule has 266 valence electrons. The first-order chi connectivity index (χ1) is 28.2. The van der Waals surface area contributed by atoms with Crippen molar-refractivity contribution in [2.45, 2.75) is 5.41 Å². The Labute approximate surface area is 328 Å². The Morgan fingerprint density at radius 3 is 1.58 bits per heavy atom. The standard InChI is InChI=1S/C52H31N3O2/c1-3-14-32(15-4-1)33-26-28-35(29-27-33)50-53-49(34-16-5-2-6-17-34)54-51(55-50)37-19-13-25-46-48(37)39-30-38-36-18-7-8-20-40(36)52(43(38)31-47(39)57-46)41-21-9-11-23-44(41)56-45-24-12-10-22-42(45)52/h1-31H.